The van der Waals surface area contributed by atoms with E-state index < -0.39 is 5.41 Å². The summed E-state index contributed by atoms with van der Waals surface area (Å²) in [4.78, 5) is 30.6. The number of anilines is 1. The van der Waals surface area contributed by atoms with E-state index in [0.717, 1.165) is 6.42 Å². The number of aromatic nitrogens is 1. The molecule has 92 valence electrons. The summed E-state index contributed by atoms with van der Waals surface area (Å²) in [5.41, 5.74) is -0.540. The van der Waals surface area contributed by atoms with Gasteiger partial charge >= 0.3 is 0 Å². The Morgan fingerprint density at radius 1 is 1.44 bits per heavy atom. The van der Waals surface area contributed by atoms with Gasteiger partial charge < -0.3 is 0 Å². The van der Waals surface area contributed by atoms with Crippen molar-refractivity contribution in [2.24, 2.45) is 23.2 Å². The van der Waals surface area contributed by atoms with Crippen LogP contribution in [0.1, 0.15) is 13.3 Å². The lowest BCUT2D eigenvalue weighted by Gasteiger charge is -2.27. The fourth-order valence-corrected chi connectivity index (χ4v) is 4.46. The van der Waals surface area contributed by atoms with Crippen molar-refractivity contribution in [3.05, 3.63) is 23.7 Å². The van der Waals surface area contributed by atoms with Crippen LogP contribution in [0.25, 0.3) is 0 Å². The van der Waals surface area contributed by atoms with Crippen molar-refractivity contribution in [1.29, 1.82) is 0 Å². The van der Waals surface area contributed by atoms with E-state index in [-0.39, 0.29) is 29.6 Å². The summed E-state index contributed by atoms with van der Waals surface area (Å²) in [7, 11) is 0. The van der Waals surface area contributed by atoms with Crippen molar-refractivity contribution < 1.29 is 9.59 Å². The van der Waals surface area contributed by atoms with Crippen molar-refractivity contribution in [2.75, 3.05) is 4.90 Å². The van der Waals surface area contributed by atoms with Crippen molar-refractivity contribution >= 4 is 28.3 Å². The molecule has 4 rings (SSSR count). The van der Waals surface area contributed by atoms with Gasteiger partial charge in [-0.1, -0.05) is 12.2 Å². The third-order valence-electron chi connectivity index (χ3n) is 4.72. The highest BCUT2D eigenvalue weighted by atomic mass is 32.1. The molecule has 4 nitrogen and oxygen atoms in total. The van der Waals surface area contributed by atoms with Crippen molar-refractivity contribution in [3.63, 3.8) is 0 Å². The molecule has 18 heavy (non-hydrogen) atoms. The van der Waals surface area contributed by atoms with Crippen LogP contribution in [-0.2, 0) is 9.59 Å². The average Bonchev–Trinajstić information content (AvgIpc) is 3.04. The van der Waals surface area contributed by atoms with E-state index >= 15 is 0 Å². The molecule has 1 aromatic rings. The number of carbonyl (C=O) groups is 2. The lowest BCUT2D eigenvalue weighted by atomic mass is 9.71. The van der Waals surface area contributed by atoms with Crippen LogP contribution < -0.4 is 4.90 Å². The molecule has 0 spiro atoms. The summed E-state index contributed by atoms with van der Waals surface area (Å²) in [6, 6.07) is 0. The van der Waals surface area contributed by atoms with Gasteiger partial charge in [-0.15, -0.1) is 11.3 Å². The SMILES string of the molecule is C[C@@]12C(=O)N(c3nccs3)C(=O)[C@H]1[C@H]1C=C[C@@H]2C1. The molecular formula is C13H12N2O2S. The fraction of sp³-hybridized carbons (Fsp3) is 0.462. The van der Waals surface area contributed by atoms with Gasteiger partial charge in [0.1, 0.15) is 0 Å². The first-order valence-corrected chi connectivity index (χ1v) is 6.98. The third-order valence-corrected chi connectivity index (χ3v) is 5.48. The molecule has 2 bridgehead atoms. The van der Waals surface area contributed by atoms with E-state index in [2.05, 4.69) is 17.1 Å². The van der Waals surface area contributed by atoms with Crippen LogP contribution in [0.4, 0.5) is 5.13 Å². The van der Waals surface area contributed by atoms with Crippen molar-refractivity contribution in [2.45, 2.75) is 13.3 Å². The van der Waals surface area contributed by atoms with Crippen LogP contribution >= 0.6 is 11.3 Å². The third kappa shape index (κ3) is 0.960. The van der Waals surface area contributed by atoms with Crippen LogP contribution in [0.2, 0.25) is 0 Å². The van der Waals surface area contributed by atoms with Gasteiger partial charge in [-0.05, 0) is 25.2 Å². The number of allylic oxidation sites excluding steroid dienone is 2. The molecule has 1 aromatic heterocycles. The molecule has 1 aliphatic heterocycles. The maximum absolute atomic E-state index is 12.6. The molecule has 5 heteroatoms. The van der Waals surface area contributed by atoms with E-state index in [1.54, 1.807) is 11.6 Å². The first-order chi connectivity index (χ1) is 8.64. The monoisotopic (exact) mass is 260 g/mol. The van der Waals surface area contributed by atoms with Gasteiger partial charge in [0.05, 0.1) is 11.3 Å². The number of imide groups is 1. The molecule has 2 fully saturated rings. The zero-order valence-corrected chi connectivity index (χ0v) is 10.7. The number of fused-ring (bicyclic) bond motifs is 5. The minimum absolute atomic E-state index is 0.0608. The number of nitrogens with zero attached hydrogens (tertiary/aromatic N) is 2. The maximum Gasteiger partial charge on any atom is 0.242 e. The molecule has 4 atom stereocenters. The van der Waals surface area contributed by atoms with Gasteiger partial charge in [0.25, 0.3) is 0 Å². The molecule has 1 saturated carbocycles. The highest BCUT2D eigenvalue weighted by Gasteiger charge is 2.67. The minimum Gasteiger partial charge on any atom is -0.274 e. The molecule has 0 unspecified atom stereocenters. The van der Waals surface area contributed by atoms with Gasteiger partial charge in [-0.25, -0.2) is 9.88 Å². The number of hydrogen-bond donors (Lipinski definition) is 0. The molecule has 2 amide bonds. The molecule has 2 aliphatic carbocycles. The second-order valence-corrected chi connectivity index (χ2v) is 6.32. The van der Waals surface area contributed by atoms with E-state index in [0.29, 0.717) is 5.13 Å². The van der Waals surface area contributed by atoms with Gasteiger partial charge in [-0.3, -0.25) is 9.59 Å². The lowest BCUT2D eigenvalue weighted by Crippen LogP contribution is -2.37. The predicted molar refractivity (Wildman–Crippen MR) is 66.9 cm³/mol. The Kier molecular flexibility index (Phi) is 1.79. The van der Waals surface area contributed by atoms with Crippen LogP contribution in [0, 0.1) is 23.2 Å². The van der Waals surface area contributed by atoms with Crippen LogP contribution in [0.3, 0.4) is 0 Å². The van der Waals surface area contributed by atoms with Crippen LogP contribution in [0.5, 0.6) is 0 Å². The Bertz CT molecular complexity index is 580. The largest absolute Gasteiger partial charge is 0.274 e. The normalized spacial score (nSPS) is 40.9. The first-order valence-electron chi connectivity index (χ1n) is 6.10. The van der Waals surface area contributed by atoms with Gasteiger partial charge in [0, 0.05) is 11.6 Å². The average molecular weight is 260 g/mol. The number of amides is 2. The molecule has 0 aromatic carbocycles. The van der Waals surface area contributed by atoms with Crippen LogP contribution in [0.15, 0.2) is 23.7 Å². The summed E-state index contributed by atoms with van der Waals surface area (Å²) < 4.78 is 0. The van der Waals surface area contributed by atoms with E-state index in [1.807, 2.05) is 6.92 Å². The Labute approximate surface area is 108 Å². The van der Waals surface area contributed by atoms with Gasteiger partial charge in [0.15, 0.2) is 5.13 Å². The second kappa shape index (κ2) is 3.09. The molecule has 0 N–H and O–H groups in total. The van der Waals surface area contributed by atoms with Crippen molar-refractivity contribution in [3.8, 4) is 0 Å². The summed E-state index contributed by atoms with van der Waals surface area (Å²) in [6.45, 7) is 1.94. The zero-order valence-electron chi connectivity index (χ0n) is 9.87. The zero-order chi connectivity index (χ0) is 12.5. The second-order valence-electron chi connectivity index (χ2n) is 5.44. The Balaban J connectivity index is 1.85. The number of hydrogen-bond acceptors (Lipinski definition) is 4. The molecule has 3 aliphatic rings. The minimum atomic E-state index is -0.540. The fourth-order valence-electron chi connectivity index (χ4n) is 3.81. The summed E-state index contributed by atoms with van der Waals surface area (Å²) in [5.74, 6) is 0.151. The molecule has 0 radical (unpaired) electrons. The number of thiazole rings is 1. The highest BCUT2D eigenvalue weighted by Crippen LogP contribution is 2.60. The summed E-state index contributed by atoms with van der Waals surface area (Å²) >= 11 is 1.34. The van der Waals surface area contributed by atoms with Gasteiger partial charge in [-0.2, -0.15) is 0 Å². The lowest BCUT2D eigenvalue weighted by molar-refractivity contribution is -0.127. The Hall–Kier alpha value is -1.49. The quantitative estimate of drug-likeness (QED) is 0.572. The summed E-state index contributed by atoms with van der Waals surface area (Å²) in [6.07, 6.45) is 6.79. The summed E-state index contributed by atoms with van der Waals surface area (Å²) in [5, 5.41) is 2.30. The number of rotatable bonds is 1. The Morgan fingerprint density at radius 2 is 2.28 bits per heavy atom. The van der Waals surface area contributed by atoms with Crippen LogP contribution in [-0.4, -0.2) is 16.8 Å². The van der Waals surface area contributed by atoms with E-state index in [1.165, 1.54) is 16.2 Å². The molecular weight excluding hydrogens is 248 g/mol. The number of carbonyl (C=O) groups excluding carboxylic acids is 2. The first kappa shape index (κ1) is 10.4. The smallest absolute Gasteiger partial charge is 0.242 e. The van der Waals surface area contributed by atoms with Gasteiger partial charge in [0.2, 0.25) is 11.8 Å². The standard InChI is InChI=1S/C13H12N2O2S/c1-13-8-3-2-7(6-8)9(13)10(16)15(11(13)17)12-14-4-5-18-12/h2-5,7-9H,6H2,1H3/t7-,8+,9+,13-/m0/s1. The predicted octanol–water partition coefficient (Wildman–Crippen LogP) is 1.84. The Morgan fingerprint density at radius 3 is 2.94 bits per heavy atom. The molecule has 2 heterocycles. The maximum atomic E-state index is 12.6. The van der Waals surface area contributed by atoms with E-state index in [9.17, 15) is 9.59 Å². The highest BCUT2D eigenvalue weighted by molar-refractivity contribution is 7.14. The van der Waals surface area contributed by atoms with Crippen molar-refractivity contribution in [1.82, 2.24) is 4.98 Å². The topological polar surface area (TPSA) is 50.3 Å². The molecule has 1 saturated heterocycles. The van der Waals surface area contributed by atoms with E-state index in [4.69, 9.17) is 0 Å².